The summed E-state index contributed by atoms with van der Waals surface area (Å²) in [7, 11) is 1.59. The minimum absolute atomic E-state index is 0.296. The zero-order valence-electron chi connectivity index (χ0n) is 17.9. The lowest BCUT2D eigenvalue weighted by Gasteiger charge is -2.24. The van der Waals surface area contributed by atoms with Gasteiger partial charge < -0.3 is 30.1 Å². The zero-order chi connectivity index (χ0) is 23.5. The topological polar surface area (TPSA) is 134 Å². The minimum atomic E-state index is -1.18. The second kappa shape index (κ2) is 9.29. The van der Waals surface area contributed by atoms with Gasteiger partial charge in [0.1, 0.15) is 25.0 Å². The van der Waals surface area contributed by atoms with Gasteiger partial charge in [-0.15, -0.1) is 0 Å². The van der Waals surface area contributed by atoms with Gasteiger partial charge in [0, 0.05) is 6.54 Å². The van der Waals surface area contributed by atoms with E-state index in [4.69, 9.17) is 14.6 Å². The Hall–Kier alpha value is -3.92. The molecule has 2 aromatic rings. The molecule has 0 bridgehead atoms. The van der Waals surface area contributed by atoms with Crippen molar-refractivity contribution in [2.24, 2.45) is 0 Å². The zero-order valence-corrected chi connectivity index (χ0v) is 17.9. The fraction of sp³-hybridized carbons (Fsp3) is 0.304. The monoisotopic (exact) mass is 453 g/mol. The molecule has 0 aromatic heterocycles. The van der Waals surface area contributed by atoms with Gasteiger partial charge in [-0.2, -0.15) is 0 Å². The molecule has 0 radical (unpaired) electrons. The van der Waals surface area contributed by atoms with E-state index in [1.54, 1.807) is 19.2 Å². The van der Waals surface area contributed by atoms with E-state index in [1.807, 2.05) is 30.3 Å². The quantitative estimate of drug-likeness (QED) is 0.572. The number of methoxy groups -OCH3 is 1. The smallest absolute Gasteiger partial charge is 0.329 e. The second-order valence-electron chi connectivity index (χ2n) is 7.77. The lowest BCUT2D eigenvalue weighted by molar-refractivity contribution is -0.143. The number of aliphatic carboxylic acids is 1. The number of hydrogen-bond donors (Lipinski definition) is 3. The van der Waals surface area contributed by atoms with Crippen molar-refractivity contribution in [2.45, 2.75) is 18.5 Å². The predicted octanol–water partition coefficient (Wildman–Crippen LogP) is 1.11. The van der Waals surface area contributed by atoms with Crippen molar-refractivity contribution in [1.82, 2.24) is 10.2 Å². The first-order chi connectivity index (χ1) is 15.9. The molecule has 33 heavy (non-hydrogen) atoms. The molecule has 2 heterocycles. The maximum absolute atomic E-state index is 13.3. The van der Waals surface area contributed by atoms with Crippen LogP contribution in [-0.4, -0.2) is 72.6 Å². The van der Waals surface area contributed by atoms with Gasteiger partial charge in [0.05, 0.1) is 24.4 Å². The first-order valence-electron chi connectivity index (χ1n) is 10.4. The van der Waals surface area contributed by atoms with Crippen molar-refractivity contribution in [1.29, 1.82) is 0 Å². The third kappa shape index (κ3) is 4.65. The molecule has 4 rings (SSSR count). The van der Waals surface area contributed by atoms with Crippen LogP contribution in [-0.2, 0) is 19.1 Å². The van der Waals surface area contributed by atoms with Gasteiger partial charge in [-0.25, -0.2) is 4.79 Å². The van der Waals surface area contributed by atoms with Crippen molar-refractivity contribution in [3.05, 3.63) is 48.0 Å². The summed E-state index contributed by atoms with van der Waals surface area (Å²) in [5.41, 5.74) is 2.49. The fourth-order valence-electron chi connectivity index (χ4n) is 4.13. The van der Waals surface area contributed by atoms with Crippen LogP contribution in [0.5, 0.6) is 5.75 Å². The standard InChI is InChI=1S/C23H23N3O7/c1-32-15-5-2-13(3-6-15)14-4-7-17-16(10-14)23(31)26-9-8-18(21(26)22(30)25-17)24-19(27)11-33-12-20(28)29/h2-7,10,18,21H,8-9,11-12H2,1H3,(H,24,27)(H,25,30)(H,28,29). The Kier molecular flexibility index (Phi) is 6.27. The van der Waals surface area contributed by atoms with E-state index in [9.17, 15) is 19.2 Å². The number of carbonyl (C=O) groups is 4. The molecule has 2 aliphatic heterocycles. The highest BCUT2D eigenvalue weighted by Gasteiger charge is 2.45. The van der Waals surface area contributed by atoms with Crippen LogP contribution in [0.2, 0.25) is 0 Å². The molecule has 1 fully saturated rings. The second-order valence-corrected chi connectivity index (χ2v) is 7.77. The van der Waals surface area contributed by atoms with Crippen LogP contribution in [0, 0.1) is 0 Å². The van der Waals surface area contributed by atoms with Crippen LogP contribution < -0.4 is 15.4 Å². The van der Waals surface area contributed by atoms with Gasteiger partial charge >= 0.3 is 5.97 Å². The number of fused-ring (bicyclic) bond motifs is 2. The number of hydrogen-bond acceptors (Lipinski definition) is 6. The summed E-state index contributed by atoms with van der Waals surface area (Å²) < 4.78 is 9.98. The summed E-state index contributed by atoms with van der Waals surface area (Å²) in [6.07, 6.45) is 0.391. The van der Waals surface area contributed by atoms with E-state index in [0.717, 1.165) is 16.9 Å². The highest BCUT2D eigenvalue weighted by molar-refractivity contribution is 6.11. The Balaban J connectivity index is 1.53. The summed E-state index contributed by atoms with van der Waals surface area (Å²) in [5.74, 6) is -1.71. The summed E-state index contributed by atoms with van der Waals surface area (Å²) in [6.45, 7) is -0.751. The molecule has 3 amide bonds. The Morgan fingerprint density at radius 2 is 1.85 bits per heavy atom. The maximum atomic E-state index is 13.3. The molecule has 10 heteroatoms. The molecule has 3 N–H and O–H groups in total. The van der Waals surface area contributed by atoms with Gasteiger partial charge in [-0.05, 0) is 41.8 Å². The van der Waals surface area contributed by atoms with E-state index < -0.39 is 43.1 Å². The first-order valence-corrected chi connectivity index (χ1v) is 10.4. The van der Waals surface area contributed by atoms with E-state index in [0.29, 0.717) is 24.2 Å². The molecular formula is C23H23N3O7. The van der Waals surface area contributed by atoms with Crippen molar-refractivity contribution in [3.63, 3.8) is 0 Å². The average molecular weight is 453 g/mol. The summed E-state index contributed by atoms with van der Waals surface area (Å²) >= 11 is 0. The third-order valence-electron chi connectivity index (χ3n) is 5.66. The van der Waals surface area contributed by atoms with Gasteiger partial charge in [-0.1, -0.05) is 18.2 Å². The maximum Gasteiger partial charge on any atom is 0.329 e. The number of anilines is 1. The Morgan fingerprint density at radius 1 is 1.12 bits per heavy atom. The largest absolute Gasteiger partial charge is 0.497 e. The predicted molar refractivity (Wildman–Crippen MR) is 117 cm³/mol. The number of nitrogens with zero attached hydrogens (tertiary/aromatic N) is 1. The van der Waals surface area contributed by atoms with E-state index >= 15 is 0 Å². The summed E-state index contributed by atoms with van der Waals surface area (Å²) in [4.78, 5) is 50.4. The number of rotatable bonds is 7. The number of carboxylic acids is 1. The Bertz CT molecular complexity index is 1100. The molecule has 2 aromatic carbocycles. The Labute approximate surface area is 189 Å². The van der Waals surface area contributed by atoms with Crippen LogP contribution in [0.15, 0.2) is 42.5 Å². The summed E-state index contributed by atoms with van der Waals surface area (Å²) in [5, 5.41) is 14.1. The SMILES string of the molecule is COc1ccc(-c2ccc3c(c2)C(=O)N2CCC(NC(=O)COCC(=O)O)C2C(=O)N3)cc1. The molecule has 0 aliphatic carbocycles. The van der Waals surface area contributed by atoms with Crippen LogP contribution >= 0.6 is 0 Å². The van der Waals surface area contributed by atoms with Crippen molar-refractivity contribution in [3.8, 4) is 16.9 Å². The molecule has 1 saturated heterocycles. The Morgan fingerprint density at radius 3 is 2.55 bits per heavy atom. The van der Waals surface area contributed by atoms with Crippen LogP contribution in [0.1, 0.15) is 16.8 Å². The van der Waals surface area contributed by atoms with Crippen molar-refractivity contribution < 1.29 is 33.8 Å². The molecule has 2 aliphatic rings. The van der Waals surface area contributed by atoms with Crippen molar-refractivity contribution >= 4 is 29.4 Å². The van der Waals surface area contributed by atoms with E-state index in [-0.39, 0.29) is 5.91 Å². The lowest BCUT2D eigenvalue weighted by atomic mass is 10.0. The lowest BCUT2D eigenvalue weighted by Crippen LogP contribution is -2.52. The minimum Gasteiger partial charge on any atom is -0.497 e. The highest BCUT2D eigenvalue weighted by atomic mass is 16.5. The van der Waals surface area contributed by atoms with Crippen LogP contribution in [0.4, 0.5) is 5.69 Å². The molecule has 0 saturated carbocycles. The molecule has 10 nitrogen and oxygen atoms in total. The number of benzene rings is 2. The van der Waals surface area contributed by atoms with Crippen LogP contribution in [0.3, 0.4) is 0 Å². The van der Waals surface area contributed by atoms with Gasteiger partial charge in [0.25, 0.3) is 5.91 Å². The number of ether oxygens (including phenoxy) is 2. The molecular weight excluding hydrogens is 430 g/mol. The van der Waals surface area contributed by atoms with Crippen LogP contribution in [0.25, 0.3) is 11.1 Å². The number of amides is 3. The molecule has 172 valence electrons. The molecule has 2 unspecified atom stereocenters. The number of carboxylic acid groups (broad SMARTS) is 1. The van der Waals surface area contributed by atoms with Crippen molar-refractivity contribution in [2.75, 3.05) is 32.2 Å². The van der Waals surface area contributed by atoms with E-state index in [2.05, 4.69) is 10.6 Å². The molecule has 0 spiro atoms. The van der Waals surface area contributed by atoms with E-state index in [1.165, 1.54) is 4.90 Å². The fourth-order valence-corrected chi connectivity index (χ4v) is 4.13. The highest BCUT2D eigenvalue weighted by Crippen LogP contribution is 2.32. The normalized spacial score (nSPS) is 19.2. The van der Waals surface area contributed by atoms with Gasteiger partial charge in [-0.3, -0.25) is 14.4 Å². The molecule has 2 atom stereocenters. The third-order valence-corrected chi connectivity index (χ3v) is 5.66. The first kappa shape index (κ1) is 22.3. The van der Waals surface area contributed by atoms with Gasteiger partial charge in [0.2, 0.25) is 11.8 Å². The number of carbonyl (C=O) groups excluding carboxylic acids is 3. The number of nitrogens with one attached hydrogen (secondary N) is 2. The average Bonchev–Trinajstić information content (AvgIpc) is 3.18. The summed E-state index contributed by atoms with van der Waals surface area (Å²) in [6, 6.07) is 11.2. The van der Waals surface area contributed by atoms with Gasteiger partial charge in [0.15, 0.2) is 0 Å².